The minimum atomic E-state index is 0.863. The van der Waals surface area contributed by atoms with E-state index in [0.29, 0.717) is 0 Å². The van der Waals surface area contributed by atoms with E-state index in [9.17, 15) is 0 Å². The van der Waals surface area contributed by atoms with Crippen LogP contribution >= 0.6 is 11.3 Å². The Morgan fingerprint density at radius 1 is 1.00 bits per heavy atom. The van der Waals surface area contributed by atoms with Gasteiger partial charge in [0, 0.05) is 24.2 Å². The van der Waals surface area contributed by atoms with Crippen LogP contribution in [0, 0.1) is 0 Å². The summed E-state index contributed by atoms with van der Waals surface area (Å²) in [5.74, 6) is 1.23. The highest BCUT2D eigenvalue weighted by atomic mass is 32.1. The van der Waals surface area contributed by atoms with E-state index in [0.717, 1.165) is 11.4 Å². The van der Waals surface area contributed by atoms with Crippen LogP contribution in [0.3, 0.4) is 0 Å². The molecule has 118 valence electrons. The Morgan fingerprint density at radius 3 is 2.84 bits per heavy atom. The first-order valence-corrected chi connectivity index (χ1v) is 9.04. The summed E-state index contributed by atoms with van der Waals surface area (Å²) in [6, 6.07) is 16.9. The molecule has 0 unspecified atom stereocenters. The number of para-hydroxylation sites is 1. The molecule has 1 aromatic carbocycles. The maximum atomic E-state index is 4.58. The van der Waals surface area contributed by atoms with Crippen molar-refractivity contribution in [2.75, 3.05) is 0 Å². The predicted molar refractivity (Wildman–Crippen MR) is 99.0 cm³/mol. The summed E-state index contributed by atoms with van der Waals surface area (Å²) >= 11 is 1.76. The minimum absolute atomic E-state index is 0.863. The minimum Gasteiger partial charge on any atom is -0.264 e. The van der Waals surface area contributed by atoms with E-state index in [-0.39, 0.29) is 0 Å². The van der Waals surface area contributed by atoms with Crippen molar-refractivity contribution >= 4 is 31.9 Å². The highest BCUT2D eigenvalue weighted by molar-refractivity contribution is 7.24. The van der Waals surface area contributed by atoms with Gasteiger partial charge in [-0.1, -0.05) is 29.5 Å². The van der Waals surface area contributed by atoms with Crippen molar-refractivity contribution in [3.8, 4) is 17.1 Å². The first-order chi connectivity index (χ1) is 12.4. The lowest BCUT2D eigenvalue weighted by Crippen LogP contribution is -2.30. The van der Waals surface area contributed by atoms with E-state index < -0.39 is 0 Å². The molecule has 0 amide bonds. The summed E-state index contributed by atoms with van der Waals surface area (Å²) < 4.78 is 4.78. The van der Waals surface area contributed by atoms with Crippen LogP contribution in [-0.2, 0) is 6.54 Å². The number of nitrogens with zero attached hydrogens (tertiary/aromatic N) is 4. The zero-order chi connectivity index (χ0) is 16.4. The lowest BCUT2D eigenvalue weighted by Gasteiger charge is -2.01. The molecule has 1 aliphatic heterocycles. The van der Waals surface area contributed by atoms with Crippen LogP contribution < -0.4 is 4.57 Å². The molecule has 6 rings (SSSR count). The fraction of sp³-hybridized carbons (Fsp3) is 0.0500. The first-order valence-electron chi connectivity index (χ1n) is 8.22. The van der Waals surface area contributed by atoms with Gasteiger partial charge in [-0.2, -0.15) is 4.57 Å². The molecule has 0 N–H and O–H groups in total. The smallest absolute Gasteiger partial charge is 0.264 e. The molecule has 4 aromatic heterocycles. The van der Waals surface area contributed by atoms with Crippen LogP contribution in [0.2, 0.25) is 0 Å². The van der Waals surface area contributed by atoms with Gasteiger partial charge in [0.1, 0.15) is 17.1 Å². The largest absolute Gasteiger partial charge is 0.296 e. The van der Waals surface area contributed by atoms with Crippen LogP contribution in [0.4, 0.5) is 0 Å². The molecule has 0 atom stereocenters. The number of benzene rings is 1. The standard InChI is InChI=1S/C20H13N4S/c1-2-5-14(6-3-1)24-17-16-7-4-9-22-18(16)25-20(17)23-12-13-11-21-10-8-15(13)19(23)24/h1-11H,12H2/q+1. The Hall–Kier alpha value is -3.05. The van der Waals surface area contributed by atoms with E-state index in [1.807, 2.05) is 24.7 Å². The van der Waals surface area contributed by atoms with Crippen LogP contribution in [-0.4, -0.2) is 14.5 Å². The van der Waals surface area contributed by atoms with E-state index >= 15 is 0 Å². The summed E-state index contributed by atoms with van der Waals surface area (Å²) in [5, 5.41) is 1.21. The Balaban J connectivity index is 1.84. The van der Waals surface area contributed by atoms with Gasteiger partial charge in [-0.15, -0.1) is 0 Å². The van der Waals surface area contributed by atoms with Crippen molar-refractivity contribution in [3.63, 3.8) is 0 Å². The molecule has 5 heterocycles. The van der Waals surface area contributed by atoms with Gasteiger partial charge in [-0.25, -0.2) is 9.55 Å². The average molecular weight is 341 g/mol. The van der Waals surface area contributed by atoms with E-state index in [1.54, 1.807) is 11.3 Å². The first kappa shape index (κ1) is 13.3. The van der Waals surface area contributed by atoms with Gasteiger partial charge in [-0.05, 0) is 30.3 Å². The molecule has 0 radical (unpaired) electrons. The number of hydrogen-bond acceptors (Lipinski definition) is 3. The number of rotatable bonds is 1. The Labute approximate surface area is 147 Å². The maximum absolute atomic E-state index is 4.58. The molecule has 4 nitrogen and oxygen atoms in total. The number of pyridine rings is 2. The van der Waals surface area contributed by atoms with Crippen LogP contribution in [0.25, 0.3) is 37.6 Å². The third-order valence-corrected chi connectivity index (χ3v) is 5.97. The summed E-state index contributed by atoms with van der Waals surface area (Å²) in [7, 11) is 0. The zero-order valence-electron chi connectivity index (χ0n) is 13.3. The topological polar surface area (TPSA) is 34.6 Å². The molecule has 0 spiro atoms. The van der Waals surface area contributed by atoms with Crippen LogP contribution in [0.15, 0.2) is 67.1 Å². The second-order valence-electron chi connectivity index (χ2n) is 6.23. The van der Waals surface area contributed by atoms with Gasteiger partial charge < -0.3 is 0 Å². The fourth-order valence-electron chi connectivity index (χ4n) is 3.81. The zero-order valence-corrected chi connectivity index (χ0v) is 14.1. The van der Waals surface area contributed by atoms with Crippen LogP contribution in [0.1, 0.15) is 5.56 Å². The second-order valence-corrected chi connectivity index (χ2v) is 7.20. The lowest BCUT2D eigenvalue weighted by molar-refractivity contribution is -0.643. The average Bonchev–Trinajstić information content (AvgIpc) is 3.30. The number of fused-ring (bicyclic) bond motifs is 7. The number of thiophene rings is 1. The lowest BCUT2D eigenvalue weighted by atomic mass is 10.1. The number of imidazole rings is 1. The number of hydrogen-bond donors (Lipinski definition) is 0. The van der Waals surface area contributed by atoms with Crippen molar-refractivity contribution in [1.29, 1.82) is 0 Å². The van der Waals surface area contributed by atoms with Crippen molar-refractivity contribution < 1.29 is 4.57 Å². The van der Waals surface area contributed by atoms with Gasteiger partial charge in [0.25, 0.3) is 5.82 Å². The normalized spacial score (nSPS) is 12.6. The SMILES string of the molecule is c1ccc(-n2c3[n+](c4sc5ncccc5c42)Cc2cnccc2-3)cc1. The van der Waals surface area contributed by atoms with Crippen molar-refractivity contribution in [1.82, 2.24) is 14.5 Å². The molecule has 0 saturated heterocycles. The molecule has 0 aliphatic carbocycles. The molecule has 5 heteroatoms. The molecule has 0 fully saturated rings. The summed E-state index contributed by atoms with van der Waals surface area (Å²) in [4.78, 5) is 11.2. The van der Waals surface area contributed by atoms with Gasteiger partial charge in [-0.3, -0.25) is 4.98 Å². The summed E-state index contributed by atoms with van der Waals surface area (Å²) in [5.41, 5.74) is 4.96. The van der Waals surface area contributed by atoms with E-state index in [2.05, 4.69) is 61.6 Å². The van der Waals surface area contributed by atoms with Gasteiger partial charge in [0.2, 0.25) is 10.3 Å². The van der Waals surface area contributed by atoms with Crippen molar-refractivity contribution in [3.05, 3.63) is 72.7 Å². The molecule has 1 aliphatic rings. The second kappa shape index (κ2) is 4.74. The quantitative estimate of drug-likeness (QED) is 0.424. The van der Waals surface area contributed by atoms with Gasteiger partial charge in [0.15, 0.2) is 0 Å². The molecular formula is C20H13N4S+. The molecule has 0 saturated carbocycles. The fourth-order valence-corrected chi connectivity index (χ4v) is 4.94. The van der Waals surface area contributed by atoms with E-state index in [1.165, 1.54) is 38.4 Å². The third kappa shape index (κ3) is 1.68. The van der Waals surface area contributed by atoms with Crippen molar-refractivity contribution in [2.45, 2.75) is 6.54 Å². The number of aromatic nitrogens is 4. The Bertz CT molecular complexity index is 1270. The maximum Gasteiger partial charge on any atom is 0.296 e. The predicted octanol–water partition coefficient (Wildman–Crippen LogP) is 3.95. The van der Waals surface area contributed by atoms with E-state index in [4.69, 9.17) is 0 Å². The highest BCUT2D eigenvalue weighted by Gasteiger charge is 2.37. The molecule has 25 heavy (non-hydrogen) atoms. The third-order valence-electron chi connectivity index (χ3n) is 4.85. The summed E-state index contributed by atoms with van der Waals surface area (Å²) in [6.07, 6.45) is 5.73. The Morgan fingerprint density at radius 2 is 1.92 bits per heavy atom. The van der Waals surface area contributed by atoms with Crippen LogP contribution in [0.5, 0.6) is 0 Å². The molecule has 0 bridgehead atoms. The Kier molecular flexibility index (Phi) is 2.51. The van der Waals surface area contributed by atoms with Gasteiger partial charge in [0.05, 0.1) is 10.9 Å². The highest BCUT2D eigenvalue weighted by Crippen LogP contribution is 2.39. The monoisotopic (exact) mass is 341 g/mol. The molecular weight excluding hydrogens is 328 g/mol. The van der Waals surface area contributed by atoms with Gasteiger partial charge >= 0.3 is 0 Å². The molecule has 5 aromatic rings. The summed E-state index contributed by atoms with van der Waals surface area (Å²) in [6.45, 7) is 0.863. The van der Waals surface area contributed by atoms with Crippen molar-refractivity contribution in [2.24, 2.45) is 0 Å².